The van der Waals surface area contributed by atoms with Crippen LogP contribution in [0.1, 0.15) is 61.6 Å². The molecule has 3 atom stereocenters. The number of fused-ring (bicyclic) bond motifs is 2. The van der Waals surface area contributed by atoms with Gasteiger partial charge in [-0.3, -0.25) is 33.3 Å². The van der Waals surface area contributed by atoms with Gasteiger partial charge in [0.15, 0.2) is 6.04 Å². The van der Waals surface area contributed by atoms with Crippen LogP contribution in [0.2, 0.25) is 0 Å². The van der Waals surface area contributed by atoms with Crippen molar-refractivity contribution in [3.63, 3.8) is 0 Å². The van der Waals surface area contributed by atoms with Crippen LogP contribution in [0, 0.1) is 17.8 Å². The van der Waals surface area contributed by atoms with Gasteiger partial charge >= 0.3 is 25.5 Å². The molecule has 22 nitrogen and oxygen atoms in total. The maximum Gasteiger partial charge on any atom is 0.329 e. The molecule has 3 rings (SSSR count). The predicted octanol–water partition coefficient (Wildman–Crippen LogP) is 1.54. The van der Waals surface area contributed by atoms with Gasteiger partial charge in [0, 0.05) is 56.3 Å². The molecule has 4 amide bonds. The standard InChI is InChI=1S/C45H61N4O18P/c50-39(46-18-5-10-41(52)48-37(45(58)59)31-67-68(60,61)32-36(44(56)57)13-14-43(54)55)16-20-62-22-24-64-26-28-66-29-27-65-25-23-63-21-17-40(51)47-19-15-42(53)49-30-35-8-2-1-6-33(35)11-12-34-7-3-4-9-38(34)49/h1-4,6-9,36-37H,5,10,13-32H2,(H,46,50)(H,47,51)(H,48,52)(H,54,55)(H,56,57)(H,58,59)(H,60,61)/t36?,37-/m1/s1. The highest BCUT2D eigenvalue weighted by Crippen LogP contribution is 2.44. The highest BCUT2D eigenvalue weighted by Gasteiger charge is 2.32. The number of hydrogen-bond acceptors (Lipinski definition) is 14. The van der Waals surface area contributed by atoms with Crippen molar-refractivity contribution in [2.24, 2.45) is 5.92 Å². The first-order valence-electron chi connectivity index (χ1n) is 22.0. The molecule has 23 heteroatoms. The van der Waals surface area contributed by atoms with Gasteiger partial charge in [0.25, 0.3) is 0 Å². The fraction of sp³-hybridized carbons (Fsp3) is 0.533. The molecule has 374 valence electrons. The smallest absolute Gasteiger partial charge is 0.329 e. The minimum Gasteiger partial charge on any atom is -0.481 e. The Balaban J connectivity index is 1.09. The summed E-state index contributed by atoms with van der Waals surface area (Å²) in [5.74, 6) is -0.977. The zero-order valence-corrected chi connectivity index (χ0v) is 38.6. The molecule has 0 bridgehead atoms. The second-order valence-electron chi connectivity index (χ2n) is 15.1. The summed E-state index contributed by atoms with van der Waals surface area (Å²) in [6, 6.07) is 13.5. The number of benzene rings is 2. The van der Waals surface area contributed by atoms with Gasteiger partial charge in [-0.05, 0) is 36.6 Å². The third kappa shape index (κ3) is 23.8. The van der Waals surface area contributed by atoms with Gasteiger partial charge in [-0.1, -0.05) is 42.2 Å². The molecule has 2 unspecified atom stereocenters. The Kier molecular flexibility index (Phi) is 26.7. The molecule has 0 aromatic heterocycles. The number of amides is 4. The van der Waals surface area contributed by atoms with Crippen molar-refractivity contribution in [1.29, 1.82) is 0 Å². The zero-order chi connectivity index (χ0) is 49.6. The minimum absolute atomic E-state index is 0.0425. The summed E-state index contributed by atoms with van der Waals surface area (Å²) in [6.45, 7) is 2.51. The van der Waals surface area contributed by atoms with Crippen LogP contribution in [0.4, 0.5) is 5.69 Å². The Morgan fingerprint density at radius 3 is 1.74 bits per heavy atom. The fourth-order valence-electron chi connectivity index (χ4n) is 6.17. The molecule has 2 aromatic rings. The Labute approximate surface area is 393 Å². The summed E-state index contributed by atoms with van der Waals surface area (Å²) in [6.07, 6.45) is -1.70. The van der Waals surface area contributed by atoms with E-state index < -0.39 is 69.0 Å². The zero-order valence-electron chi connectivity index (χ0n) is 37.7. The molecule has 0 saturated heterocycles. The van der Waals surface area contributed by atoms with Crippen LogP contribution in [0.25, 0.3) is 0 Å². The average Bonchev–Trinajstić information content (AvgIpc) is 3.29. The molecule has 0 aliphatic carbocycles. The highest BCUT2D eigenvalue weighted by atomic mass is 31.2. The first kappa shape index (κ1) is 56.6. The van der Waals surface area contributed by atoms with Crippen LogP contribution < -0.4 is 20.9 Å². The molecule has 0 spiro atoms. The molecule has 1 heterocycles. The van der Waals surface area contributed by atoms with Crippen LogP contribution in [-0.4, -0.2) is 160 Å². The molecule has 7 N–H and O–H groups in total. The Morgan fingerprint density at radius 2 is 1.16 bits per heavy atom. The van der Waals surface area contributed by atoms with Gasteiger partial charge in [-0.15, -0.1) is 0 Å². The molecule has 1 aliphatic rings. The number of aliphatic carboxylic acids is 3. The summed E-state index contributed by atoms with van der Waals surface area (Å²) in [7, 11) is -4.66. The van der Waals surface area contributed by atoms with Crippen molar-refractivity contribution in [2.45, 2.75) is 57.5 Å². The van der Waals surface area contributed by atoms with E-state index >= 15 is 0 Å². The third-order valence-corrected chi connectivity index (χ3v) is 11.2. The number of anilines is 1. The number of nitrogens with one attached hydrogen (secondary N) is 3. The second kappa shape index (κ2) is 32.1. The Morgan fingerprint density at radius 1 is 0.632 bits per heavy atom. The van der Waals surface area contributed by atoms with Gasteiger partial charge < -0.3 is 69.3 Å². The van der Waals surface area contributed by atoms with Crippen molar-refractivity contribution in [3.05, 3.63) is 65.2 Å². The van der Waals surface area contributed by atoms with Gasteiger partial charge in [0.2, 0.25) is 23.6 Å². The van der Waals surface area contributed by atoms with Crippen molar-refractivity contribution in [2.75, 3.05) is 96.8 Å². The summed E-state index contributed by atoms with van der Waals surface area (Å²) < 4.78 is 44.3. The number of para-hydroxylation sites is 1. The van der Waals surface area contributed by atoms with Gasteiger partial charge in [0.1, 0.15) is 0 Å². The second-order valence-corrected chi connectivity index (χ2v) is 17.0. The van der Waals surface area contributed by atoms with Crippen LogP contribution in [0.3, 0.4) is 0 Å². The summed E-state index contributed by atoms with van der Waals surface area (Å²) >= 11 is 0. The minimum atomic E-state index is -4.66. The van der Waals surface area contributed by atoms with Crippen LogP contribution in [-0.2, 0) is 72.9 Å². The monoisotopic (exact) mass is 976 g/mol. The summed E-state index contributed by atoms with van der Waals surface area (Å²) in [5.41, 5.74) is 3.34. The number of carboxylic acids is 3. The summed E-state index contributed by atoms with van der Waals surface area (Å²) in [5, 5.41) is 34.8. The van der Waals surface area contributed by atoms with Crippen molar-refractivity contribution < 1.29 is 86.5 Å². The lowest BCUT2D eigenvalue weighted by Gasteiger charge is -2.26. The van der Waals surface area contributed by atoms with E-state index in [2.05, 4.69) is 27.8 Å². The average molecular weight is 977 g/mol. The number of ether oxygens (including phenoxy) is 5. The van der Waals surface area contributed by atoms with E-state index in [9.17, 15) is 53.2 Å². The van der Waals surface area contributed by atoms with E-state index in [1.807, 2.05) is 48.5 Å². The van der Waals surface area contributed by atoms with Gasteiger partial charge in [0.05, 0.1) is 97.0 Å². The molecular weight excluding hydrogens is 915 g/mol. The summed E-state index contributed by atoms with van der Waals surface area (Å²) in [4.78, 5) is 95.2. The van der Waals surface area contributed by atoms with E-state index in [1.54, 1.807) is 4.90 Å². The molecule has 0 fully saturated rings. The molecular formula is C45H61N4O18P. The van der Waals surface area contributed by atoms with E-state index in [4.69, 9.17) is 33.3 Å². The van der Waals surface area contributed by atoms with E-state index in [0.717, 1.165) is 22.4 Å². The van der Waals surface area contributed by atoms with Gasteiger partial charge in [-0.2, -0.15) is 0 Å². The number of hydrogen-bond donors (Lipinski definition) is 7. The largest absolute Gasteiger partial charge is 0.481 e. The topological polar surface area (TPSA) is 312 Å². The SMILES string of the molecule is O=C(O)CCC(CP(=O)(O)OC[C@@H](NC(=O)CCCNC(=O)CCOCCOCCOCCOCCOCCC(=O)NCCC(=O)N1Cc2ccccc2C#Cc2ccccc21)C(=O)O)C(=O)O. The number of carbonyl (C=O) groups excluding carboxylic acids is 4. The normalized spacial score (nSPS) is 13.5. The van der Waals surface area contributed by atoms with Gasteiger partial charge in [-0.25, -0.2) is 4.79 Å². The lowest BCUT2D eigenvalue weighted by atomic mass is 10.0. The quantitative estimate of drug-likeness (QED) is 0.0289. The van der Waals surface area contributed by atoms with Crippen LogP contribution in [0.15, 0.2) is 48.5 Å². The Bertz CT molecular complexity index is 2080. The first-order chi connectivity index (χ1) is 32.6. The molecule has 1 aliphatic heterocycles. The molecule has 0 saturated carbocycles. The third-order valence-electron chi connectivity index (χ3n) is 9.76. The molecule has 68 heavy (non-hydrogen) atoms. The lowest BCUT2D eigenvalue weighted by Crippen LogP contribution is -2.44. The molecule has 2 aromatic carbocycles. The van der Waals surface area contributed by atoms with Crippen LogP contribution in [0.5, 0.6) is 0 Å². The van der Waals surface area contributed by atoms with Crippen LogP contribution >= 0.6 is 7.60 Å². The number of nitrogens with zero attached hydrogens (tertiary/aromatic N) is 1. The lowest BCUT2D eigenvalue weighted by molar-refractivity contribution is -0.143. The maximum absolute atomic E-state index is 13.3. The van der Waals surface area contributed by atoms with Crippen molar-refractivity contribution >= 4 is 54.8 Å². The van der Waals surface area contributed by atoms with E-state index in [1.165, 1.54) is 0 Å². The number of carbonyl (C=O) groups is 7. The van der Waals surface area contributed by atoms with Crippen molar-refractivity contribution in [1.82, 2.24) is 16.0 Å². The number of carboxylic acid groups (broad SMARTS) is 3. The Hall–Kier alpha value is -5.76. The highest BCUT2D eigenvalue weighted by molar-refractivity contribution is 7.52. The maximum atomic E-state index is 13.3. The molecule has 0 radical (unpaired) electrons. The first-order valence-corrected chi connectivity index (χ1v) is 23.8. The predicted molar refractivity (Wildman–Crippen MR) is 241 cm³/mol. The van der Waals surface area contributed by atoms with E-state index in [0.29, 0.717) is 46.2 Å². The van der Waals surface area contributed by atoms with Crippen molar-refractivity contribution in [3.8, 4) is 11.8 Å². The van der Waals surface area contributed by atoms with E-state index in [-0.39, 0.29) is 89.3 Å². The fourth-order valence-corrected chi connectivity index (χ4v) is 7.55. The number of rotatable bonds is 36.